The van der Waals surface area contributed by atoms with E-state index in [4.69, 9.17) is 17.2 Å². The number of hydrogen-bond donors (Lipinski definition) is 3. The second-order valence-electron chi connectivity index (χ2n) is 3.87. The third-order valence-corrected chi connectivity index (χ3v) is 2.19. The van der Waals surface area contributed by atoms with Gasteiger partial charge in [-0.2, -0.15) is 4.99 Å². The fourth-order valence-corrected chi connectivity index (χ4v) is 1.28. The Bertz CT molecular complexity index is 457. The van der Waals surface area contributed by atoms with Crippen LogP contribution in [0.2, 0.25) is 0 Å². The van der Waals surface area contributed by atoms with Gasteiger partial charge in [0.15, 0.2) is 5.96 Å². The van der Waals surface area contributed by atoms with Crippen LogP contribution in [0, 0.1) is 6.92 Å². The van der Waals surface area contributed by atoms with E-state index in [9.17, 15) is 0 Å². The highest BCUT2D eigenvalue weighted by molar-refractivity contribution is 5.93. The predicted octanol–water partition coefficient (Wildman–Crippen LogP) is 0.281. The van der Waals surface area contributed by atoms with Gasteiger partial charge in [-0.3, -0.25) is 0 Å². The first kappa shape index (κ1) is 12.8. The monoisotopic (exact) mass is 234 g/mol. The van der Waals surface area contributed by atoms with Crippen LogP contribution in [0.1, 0.15) is 5.56 Å². The zero-order chi connectivity index (χ0) is 13.0. The van der Waals surface area contributed by atoms with Crippen molar-refractivity contribution in [1.29, 1.82) is 0 Å². The molecule has 0 aliphatic carbocycles. The Labute approximate surface area is 101 Å². The smallest absolute Gasteiger partial charge is 0.223 e. The average molecular weight is 234 g/mol. The number of nitrogens with two attached hydrogens (primary N) is 3. The largest absolute Gasteiger partial charge is 0.378 e. The third kappa shape index (κ3) is 3.67. The normalized spacial score (nSPS) is 11.1. The molecule has 6 nitrogen and oxygen atoms in total. The summed E-state index contributed by atoms with van der Waals surface area (Å²) in [6, 6.07) is 5.90. The van der Waals surface area contributed by atoms with Crippen molar-refractivity contribution in [3.8, 4) is 0 Å². The molecule has 1 rings (SSSR count). The van der Waals surface area contributed by atoms with Crippen molar-refractivity contribution in [2.45, 2.75) is 6.92 Å². The lowest BCUT2D eigenvalue weighted by Gasteiger charge is -2.13. The minimum absolute atomic E-state index is 0.0454. The van der Waals surface area contributed by atoms with Crippen LogP contribution in [-0.2, 0) is 0 Å². The van der Waals surface area contributed by atoms with Gasteiger partial charge >= 0.3 is 0 Å². The van der Waals surface area contributed by atoms with E-state index in [2.05, 4.69) is 9.98 Å². The molecule has 0 saturated carbocycles. The highest BCUT2D eigenvalue weighted by Gasteiger charge is 2.01. The minimum atomic E-state index is -0.104. The van der Waals surface area contributed by atoms with Crippen LogP contribution in [0.4, 0.5) is 11.4 Å². The second-order valence-corrected chi connectivity index (χ2v) is 3.87. The van der Waals surface area contributed by atoms with Crippen LogP contribution >= 0.6 is 0 Å². The van der Waals surface area contributed by atoms with Gasteiger partial charge in [0.05, 0.1) is 5.69 Å². The van der Waals surface area contributed by atoms with E-state index in [0.29, 0.717) is 0 Å². The molecule has 0 aliphatic rings. The molecule has 17 heavy (non-hydrogen) atoms. The molecular weight excluding hydrogens is 216 g/mol. The summed E-state index contributed by atoms with van der Waals surface area (Å²) in [6.07, 6.45) is 0. The lowest BCUT2D eigenvalue weighted by atomic mass is 10.2. The molecule has 0 spiro atoms. The van der Waals surface area contributed by atoms with Gasteiger partial charge in [0.2, 0.25) is 5.96 Å². The number of aliphatic imine (C=N–C) groups is 2. The van der Waals surface area contributed by atoms with Crippen molar-refractivity contribution in [2.24, 2.45) is 27.2 Å². The SMILES string of the molecule is Cc1ccc(N(C)C)cc1N=C(N)N=C(N)N. The lowest BCUT2D eigenvalue weighted by molar-refractivity contribution is 1.13. The van der Waals surface area contributed by atoms with Crippen LogP contribution in [0.25, 0.3) is 0 Å². The van der Waals surface area contributed by atoms with Gasteiger partial charge in [0, 0.05) is 19.8 Å². The van der Waals surface area contributed by atoms with E-state index in [-0.39, 0.29) is 11.9 Å². The third-order valence-electron chi connectivity index (χ3n) is 2.19. The summed E-state index contributed by atoms with van der Waals surface area (Å²) in [5.41, 5.74) is 18.8. The topological polar surface area (TPSA) is 106 Å². The Balaban J connectivity index is 3.13. The predicted molar refractivity (Wildman–Crippen MR) is 72.6 cm³/mol. The molecule has 92 valence electrons. The van der Waals surface area contributed by atoms with Gasteiger partial charge in [0.1, 0.15) is 0 Å². The van der Waals surface area contributed by atoms with Gasteiger partial charge in [-0.15, -0.1) is 0 Å². The number of guanidine groups is 2. The maximum absolute atomic E-state index is 5.59. The molecule has 0 fully saturated rings. The first-order valence-corrected chi connectivity index (χ1v) is 5.12. The summed E-state index contributed by atoms with van der Waals surface area (Å²) in [4.78, 5) is 9.82. The van der Waals surface area contributed by atoms with E-state index in [0.717, 1.165) is 16.9 Å². The molecule has 0 aromatic heterocycles. The first-order chi connectivity index (χ1) is 7.90. The van der Waals surface area contributed by atoms with Crippen molar-refractivity contribution >= 4 is 23.3 Å². The molecular formula is C11H18N6. The van der Waals surface area contributed by atoms with E-state index in [1.807, 2.05) is 44.1 Å². The van der Waals surface area contributed by atoms with Gasteiger partial charge < -0.3 is 22.1 Å². The standard InChI is InChI=1S/C11H18N6/c1-7-4-5-8(17(2)3)6-9(7)15-11(14)16-10(12)13/h4-6H,1-3H3,(H6,12,13,14,15,16). The molecule has 1 aromatic carbocycles. The summed E-state index contributed by atoms with van der Waals surface area (Å²) in [7, 11) is 3.91. The summed E-state index contributed by atoms with van der Waals surface area (Å²) < 4.78 is 0. The van der Waals surface area contributed by atoms with Crippen molar-refractivity contribution in [1.82, 2.24) is 0 Å². The van der Waals surface area contributed by atoms with Crippen LogP contribution in [-0.4, -0.2) is 26.0 Å². The molecule has 1 aromatic rings. The molecule has 0 radical (unpaired) electrons. The van der Waals surface area contributed by atoms with Crippen molar-refractivity contribution in [3.05, 3.63) is 23.8 Å². The van der Waals surface area contributed by atoms with E-state index in [1.165, 1.54) is 0 Å². The lowest BCUT2D eigenvalue weighted by Crippen LogP contribution is -2.26. The molecule has 0 heterocycles. The van der Waals surface area contributed by atoms with E-state index >= 15 is 0 Å². The Hall–Kier alpha value is -2.24. The Kier molecular flexibility index (Phi) is 3.92. The number of nitrogens with zero attached hydrogens (tertiary/aromatic N) is 3. The fraction of sp³-hybridized carbons (Fsp3) is 0.273. The van der Waals surface area contributed by atoms with Crippen molar-refractivity contribution in [3.63, 3.8) is 0 Å². The van der Waals surface area contributed by atoms with Crippen LogP contribution < -0.4 is 22.1 Å². The Morgan fingerprint density at radius 2 is 1.82 bits per heavy atom. The second kappa shape index (κ2) is 5.20. The van der Waals surface area contributed by atoms with E-state index < -0.39 is 0 Å². The summed E-state index contributed by atoms with van der Waals surface area (Å²) in [5, 5.41) is 0. The highest BCUT2D eigenvalue weighted by atomic mass is 15.1. The molecule has 0 bridgehead atoms. The number of aryl methyl sites for hydroxylation is 1. The maximum Gasteiger partial charge on any atom is 0.223 e. The molecule has 0 aliphatic heterocycles. The van der Waals surface area contributed by atoms with Crippen LogP contribution in [0.15, 0.2) is 28.2 Å². The summed E-state index contributed by atoms with van der Waals surface area (Å²) in [6.45, 7) is 1.95. The van der Waals surface area contributed by atoms with Gasteiger partial charge in [-0.25, -0.2) is 4.99 Å². The zero-order valence-corrected chi connectivity index (χ0v) is 10.3. The molecule has 0 amide bonds. The van der Waals surface area contributed by atoms with Crippen molar-refractivity contribution in [2.75, 3.05) is 19.0 Å². The molecule has 0 atom stereocenters. The minimum Gasteiger partial charge on any atom is -0.378 e. The van der Waals surface area contributed by atoms with Crippen LogP contribution in [0.3, 0.4) is 0 Å². The Morgan fingerprint density at radius 3 is 2.35 bits per heavy atom. The summed E-state index contributed by atoms with van der Waals surface area (Å²) >= 11 is 0. The quantitative estimate of drug-likeness (QED) is 0.504. The fourth-order valence-electron chi connectivity index (χ4n) is 1.28. The average Bonchev–Trinajstić information content (AvgIpc) is 2.19. The first-order valence-electron chi connectivity index (χ1n) is 5.12. The highest BCUT2D eigenvalue weighted by Crippen LogP contribution is 2.24. The van der Waals surface area contributed by atoms with E-state index in [1.54, 1.807) is 0 Å². The summed E-state index contributed by atoms with van der Waals surface area (Å²) in [5.74, 6) is -0.0586. The van der Waals surface area contributed by atoms with Gasteiger partial charge in [-0.05, 0) is 24.6 Å². The number of benzene rings is 1. The van der Waals surface area contributed by atoms with Crippen LogP contribution in [0.5, 0.6) is 0 Å². The number of rotatable bonds is 2. The Morgan fingerprint density at radius 1 is 1.18 bits per heavy atom. The maximum atomic E-state index is 5.59. The van der Waals surface area contributed by atoms with Crippen molar-refractivity contribution < 1.29 is 0 Å². The molecule has 6 heteroatoms. The van der Waals surface area contributed by atoms with Gasteiger partial charge in [-0.1, -0.05) is 6.07 Å². The number of hydrogen-bond acceptors (Lipinski definition) is 2. The molecule has 0 saturated heterocycles. The number of anilines is 1. The zero-order valence-electron chi connectivity index (χ0n) is 10.3. The molecule has 6 N–H and O–H groups in total. The molecule has 0 unspecified atom stereocenters. The van der Waals surface area contributed by atoms with Gasteiger partial charge in [0.25, 0.3) is 0 Å².